The Morgan fingerprint density at radius 1 is 1.40 bits per heavy atom. The largest absolute Gasteiger partial charge is 0.383 e. The molecule has 0 saturated carbocycles. The zero-order valence-corrected chi connectivity index (χ0v) is 13.4. The van der Waals surface area contributed by atoms with E-state index < -0.39 is 0 Å². The van der Waals surface area contributed by atoms with Crippen molar-refractivity contribution in [2.45, 2.75) is 45.0 Å². The van der Waals surface area contributed by atoms with Gasteiger partial charge in [-0.2, -0.15) is 0 Å². The Hall–Kier alpha value is -1.06. The van der Waals surface area contributed by atoms with Gasteiger partial charge in [0.05, 0.1) is 29.1 Å². The van der Waals surface area contributed by atoms with Gasteiger partial charge >= 0.3 is 0 Å². The van der Waals surface area contributed by atoms with Crippen LogP contribution in [0.4, 0.5) is 0 Å². The molecule has 20 heavy (non-hydrogen) atoms. The average molecular weight is 295 g/mol. The number of alkyl halides is 1. The molecule has 3 nitrogen and oxygen atoms in total. The minimum absolute atomic E-state index is 0.112. The van der Waals surface area contributed by atoms with E-state index in [0.717, 1.165) is 29.7 Å². The molecule has 2 unspecified atom stereocenters. The number of methoxy groups -OCH3 is 1. The average Bonchev–Trinajstić information content (AvgIpc) is 2.77. The summed E-state index contributed by atoms with van der Waals surface area (Å²) in [6.45, 7) is 6.95. The summed E-state index contributed by atoms with van der Waals surface area (Å²) in [5, 5.41) is -0.112. The van der Waals surface area contributed by atoms with E-state index in [1.54, 1.807) is 7.11 Å². The maximum absolute atomic E-state index is 6.34. The van der Waals surface area contributed by atoms with Crippen molar-refractivity contribution in [3.63, 3.8) is 0 Å². The lowest BCUT2D eigenvalue weighted by Crippen LogP contribution is -2.17. The van der Waals surface area contributed by atoms with Gasteiger partial charge in [0.2, 0.25) is 0 Å². The number of rotatable bonds is 6. The number of aryl methyl sites for hydroxylation is 1. The number of hydrogen-bond donors (Lipinski definition) is 0. The van der Waals surface area contributed by atoms with E-state index in [2.05, 4.69) is 36.6 Å². The zero-order valence-electron chi connectivity index (χ0n) is 12.7. The number of benzene rings is 1. The van der Waals surface area contributed by atoms with Gasteiger partial charge in [-0.1, -0.05) is 19.4 Å². The molecule has 0 bridgehead atoms. The normalized spacial score (nSPS) is 14.7. The molecule has 0 amide bonds. The van der Waals surface area contributed by atoms with Crippen LogP contribution in [0, 0.1) is 6.92 Å². The minimum atomic E-state index is -0.112. The second-order valence-electron chi connectivity index (χ2n) is 5.35. The lowest BCUT2D eigenvalue weighted by molar-refractivity contribution is 0.150. The molecule has 1 aromatic heterocycles. The molecule has 0 radical (unpaired) electrons. The van der Waals surface area contributed by atoms with Crippen molar-refractivity contribution < 1.29 is 4.74 Å². The van der Waals surface area contributed by atoms with E-state index in [1.807, 2.05) is 6.92 Å². The number of fused-ring (bicyclic) bond motifs is 1. The third-order valence-corrected chi connectivity index (χ3v) is 3.77. The van der Waals surface area contributed by atoms with E-state index in [9.17, 15) is 0 Å². The maximum atomic E-state index is 6.34. The highest BCUT2D eigenvalue weighted by Crippen LogP contribution is 2.30. The van der Waals surface area contributed by atoms with E-state index in [-0.39, 0.29) is 11.4 Å². The number of hydrogen-bond acceptors (Lipinski definition) is 2. The molecule has 0 saturated heterocycles. The highest BCUT2D eigenvalue weighted by molar-refractivity contribution is 6.20. The van der Waals surface area contributed by atoms with Gasteiger partial charge in [-0.3, -0.25) is 0 Å². The van der Waals surface area contributed by atoms with Crippen molar-refractivity contribution in [2.24, 2.45) is 0 Å². The predicted octanol–water partition coefficient (Wildman–Crippen LogP) is 4.63. The third-order valence-electron chi connectivity index (χ3n) is 3.57. The summed E-state index contributed by atoms with van der Waals surface area (Å²) in [4.78, 5) is 4.71. The van der Waals surface area contributed by atoms with E-state index in [0.29, 0.717) is 6.61 Å². The Morgan fingerprint density at radius 2 is 2.15 bits per heavy atom. The fourth-order valence-corrected chi connectivity index (χ4v) is 2.85. The second-order valence-corrected chi connectivity index (χ2v) is 6.00. The van der Waals surface area contributed by atoms with Crippen LogP contribution >= 0.6 is 11.6 Å². The van der Waals surface area contributed by atoms with E-state index >= 15 is 0 Å². The number of imidazole rings is 1. The summed E-state index contributed by atoms with van der Waals surface area (Å²) in [6.07, 6.45) is 2.17. The first kappa shape index (κ1) is 15.3. The van der Waals surface area contributed by atoms with Crippen molar-refractivity contribution in [1.29, 1.82) is 0 Å². The SMILES string of the molecule is CCCC(COC)n1c(C(C)Cl)nc2ccc(C)cc21. The van der Waals surface area contributed by atoms with Gasteiger partial charge in [0.15, 0.2) is 0 Å². The Labute approximate surface area is 125 Å². The van der Waals surface area contributed by atoms with Crippen molar-refractivity contribution >= 4 is 22.6 Å². The van der Waals surface area contributed by atoms with Gasteiger partial charge in [-0.05, 0) is 38.0 Å². The number of aromatic nitrogens is 2. The Balaban J connectivity index is 2.62. The van der Waals surface area contributed by atoms with Crippen LogP contribution in [0.1, 0.15) is 49.5 Å². The highest BCUT2D eigenvalue weighted by Gasteiger charge is 2.21. The first-order valence-corrected chi connectivity index (χ1v) is 7.63. The van der Waals surface area contributed by atoms with Crippen molar-refractivity contribution in [3.8, 4) is 0 Å². The molecule has 2 atom stereocenters. The first-order chi connectivity index (χ1) is 9.58. The summed E-state index contributed by atoms with van der Waals surface area (Å²) in [5.74, 6) is 0.933. The summed E-state index contributed by atoms with van der Waals surface area (Å²) in [5.41, 5.74) is 3.40. The molecule has 1 heterocycles. The molecule has 0 aliphatic heterocycles. The summed E-state index contributed by atoms with van der Waals surface area (Å²) < 4.78 is 7.67. The van der Waals surface area contributed by atoms with Crippen LogP contribution in [0.15, 0.2) is 18.2 Å². The standard InChI is InChI=1S/C16H23ClN2O/c1-5-6-13(10-20-4)19-15-9-11(2)7-8-14(15)18-16(19)12(3)17/h7-9,12-13H,5-6,10H2,1-4H3. The molecule has 0 aliphatic carbocycles. The van der Waals surface area contributed by atoms with Gasteiger partial charge < -0.3 is 9.30 Å². The smallest absolute Gasteiger partial charge is 0.128 e. The van der Waals surface area contributed by atoms with Gasteiger partial charge in [0, 0.05) is 7.11 Å². The van der Waals surface area contributed by atoms with Crippen molar-refractivity contribution in [2.75, 3.05) is 13.7 Å². The first-order valence-electron chi connectivity index (χ1n) is 7.20. The van der Waals surface area contributed by atoms with Gasteiger partial charge in [-0.25, -0.2) is 4.98 Å². The van der Waals surface area contributed by atoms with Crippen molar-refractivity contribution in [3.05, 3.63) is 29.6 Å². The van der Waals surface area contributed by atoms with Crippen LogP contribution in [0.5, 0.6) is 0 Å². The molecule has 0 aliphatic rings. The fourth-order valence-electron chi connectivity index (χ4n) is 2.70. The lowest BCUT2D eigenvalue weighted by Gasteiger charge is -2.21. The molecular weight excluding hydrogens is 272 g/mol. The molecule has 0 N–H and O–H groups in total. The molecule has 0 fully saturated rings. The van der Waals surface area contributed by atoms with Crippen molar-refractivity contribution in [1.82, 2.24) is 9.55 Å². The Morgan fingerprint density at radius 3 is 2.75 bits per heavy atom. The lowest BCUT2D eigenvalue weighted by atomic mass is 10.1. The molecule has 0 spiro atoms. The van der Waals surface area contributed by atoms with Crippen LogP contribution in [0.25, 0.3) is 11.0 Å². The monoisotopic (exact) mass is 294 g/mol. The Kier molecular flexibility index (Phi) is 5.06. The number of ether oxygens (including phenoxy) is 1. The maximum Gasteiger partial charge on any atom is 0.128 e. The van der Waals surface area contributed by atoms with Crippen LogP contribution in [-0.4, -0.2) is 23.3 Å². The molecule has 1 aromatic carbocycles. The third kappa shape index (κ3) is 2.99. The zero-order chi connectivity index (χ0) is 14.7. The molecular formula is C16H23ClN2O. The fraction of sp³-hybridized carbons (Fsp3) is 0.562. The summed E-state index contributed by atoms with van der Waals surface area (Å²) in [6, 6.07) is 6.63. The van der Waals surface area contributed by atoms with E-state index in [4.69, 9.17) is 21.3 Å². The topological polar surface area (TPSA) is 27.1 Å². The number of halogens is 1. The van der Waals surface area contributed by atoms with Gasteiger partial charge in [0.1, 0.15) is 5.82 Å². The number of nitrogens with zero attached hydrogens (tertiary/aromatic N) is 2. The van der Waals surface area contributed by atoms with E-state index in [1.165, 1.54) is 5.56 Å². The van der Waals surface area contributed by atoms with Crippen LogP contribution in [0.3, 0.4) is 0 Å². The predicted molar refractivity (Wildman–Crippen MR) is 84.6 cm³/mol. The van der Waals surface area contributed by atoms with Gasteiger partial charge in [-0.15, -0.1) is 11.6 Å². The second kappa shape index (κ2) is 6.59. The van der Waals surface area contributed by atoms with Crippen LogP contribution < -0.4 is 0 Å². The molecule has 2 rings (SSSR count). The molecule has 4 heteroatoms. The Bertz CT molecular complexity index is 571. The quantitative estimate of drug-likeness (QED) is 0.726. The van der Waals surface area contributed by atoms with Gasteiger partial charge in [0.25, 0.3) is 0 Å². The summed E-state index contributed by atoms with van der Waals surface area (Å²) >= 11 is 6.34. The molecule has 110 valence electrons. The summed E-state index contributed by atoms with van der Waals surface area (Å²) in [7, 11) is 1.75. The highest BCUT2D eigenvalue weighted by atomic mass is 35.5. The molecule has 2 aromatic rings. The minimum Gasteiger partial charge on any atom is -0.383 e. The van der Waals surface area contributed by atoms with Crippen LogP contribution in [-0.2, 0) is 4.74 Å². The van der Waals surface area contributed by atoms with Crippen LogP contribution in [0.2, 0.25) is 0 Å².